The molecule has 0 aromatic heterocycles. The minimum absolute atomic E-state index is 0.0697. The van der Waals surface area contributed by atoms with Crippen LogP contribution >= 0.6 is 11.6 Å². The van der Waals surface area contributed by atoms with Crippen LogP contribution in [0.25, 0.3) is 0 Å². The number of halogens is 1. The molecule has 1 heterocycles. The van der Waals surface area contributed by atoms with E-state index in [-0.39, 0.29) is 12.4 Å². The maximum Gasteiger partial charge on any atom is 0.337 e. The Morgan fingerprint density at radius 1 is 1.44 bits per heavy atom. The Hall–Kier alpha value is -2.33. The van der Waals surface area contributed by atoms with Crippen LogP contribution in [0.3, 0.4) is 0 Å². The van der Waals surface area contributed by atoms with Crippen LogP contribution in [0.15, 0.2) is 59.5 Å². The molecule has 0 fully saturated rings. The number of carbonyl (C=O) groups is 2. The zero-order valence-corrected chi connectivity index (χ0v) is 14.9. The van der Waals surface area contributed by atoms with Crippen molar-refractivity contribution in [1.82, 2.24) is 5.32 Å². The first-order valence-corrected chi connectivity index (χ1v) is 8.68. The molecule has 1 aromatic carbocycles. The lowest BCUT2D eigenvalue weighted by molar-refractivity contribution is -0.138. The number of esters is 1. The molecule has 1 aliphatic heterocycles. The van der Waals surface area contributed by atoms with Crippen molar-refractivity contribution in [1.29, 1.82) is 0 Å². The summed E-state index contributed by atoms with van der Waals surface area (Å²) in [5.41, 5.74) is 3.55. The number of dihydropyridines is 1. The van der Waals surface area contributed by atoms with Crippen LogP contribution in [-0.4, -0.2) is 18.4 Å². The van der Waals surface area contributed by atoms with E-state index in [1.54, 1.807) is 12.1 Å². The topological polar surface area (TPSA) is 55.4 Å². The van der Waals surface area contributed by atoms with Crippen LogP contribution in [0.4, 0.5) is 0 Å². The van der Waals surface area contributed by atoms with Gasteiger partial charge in [-0.25, -0.2) is 4.79 Å². The minimum Gasteiger partial charge on any atom is -0.458 e. The maximum absolute atomic E-state index is 12.7. The summed E-state index contributed by atoms with van der Waals surface area (Å²) in [4.78, 5) is 25.3. The normalized spacial score (nSPS) is 20.1. The molecule has 1 N–H and O–H groups in total. The van der Waals surface area contributed by atoms with Crippen molar-refractivity contribution in [3.63, 3.8) is 0 Å². The van der Waals surface area contributed by atoms with Crippen LogP contribution in [0.1, 0.15) is 37.7 Å². The zero-order valence-electron chi connectivity index (χ0n) is 14.1. The van der Waals surface area contributed by atoms with E-state index in [1.165, 1.54) is 6.08 Å². The largest absolute Gasteiger partial charge is 0.458 e. The molecule has 0 saturated carbocycles. The molecule has 1 atom stereocenters. The Labute approximate surface area is 152 Å². The number of nitrogens with one attached hydrogen (secondary N) is 1. The standard InChI is InChI=1S/C20H20ClNO3/c1-3-10-25-20(24)17-12(2)22-15-8-5-9-16(23)19(15)18(17)13-6-4-7-14(21)11-13/h3-4,6-7,11,18,22H,1,5,8-10H2,2H3. The summed E-state index contributed by atoms with van der Waals surface area (Å²) in [5, 5.41) is 3.82. The smallest absolute Gasteiger partial charge is 0.337 e. The Morgan fingerprint density at radius 2 is 2.24 bits per heavy atom. The first kappa shape index (κ1) is 17.5. The van der Waals surface area contributed by atoms with Crippen molar-refractivity contribution in [3.05, 3.63) is 70.0 Å². The van der Waals surface area contributed by atoms with Gasteiger partial charge in [-0.15, -0.1) is 0 Å². The molecule has 25 heavy (non-hydrogen) atoms. The summed E-state index contributed by atoms with van der Waals surface area (Å²) in [5.74, 6) is -0.833. The molecule has 3 rings (SSSR count). The summed E-state index contributed by atoms with van der Waals surface area (Å²) in [6.07, 6.45) is 3.63. The van der Waals surface area contributed by atoms with E-state index < -0.39 is 11.9 Å². The van der Waals surface area contributed by atoms with Gasteiger partial charge in [-0.05, 0) is 37.5 Å². The second-order valence-electron chi connectivity index (χ2n) is 6.21. The van der Waals surface area contributed by atoms with Crippen molar-refractivity contribution in [3.8, 4) is 0 Å². The fraction of sp³-hybridized carbons (Fsp3) is 0.300. The van der Waals surface area contributed by atoms with Crippen molar-refractivity contribution in [2.24, 2.45) is 0 Å². The fourth-order valence-corrected chi connectivity index (χ4v) is 3.68. The molecule has 1 unspecified atom stereocenters. The maximum atomic E-state index is 12.7. The highest BCUT2D eigenvalue weighted by Crippen LogP contribution is 2.42. The van der Waals surface area contributed by atoms with Gasteiger partial charge in [0.25, 0.3) is 0 Å². The minimum atomic E-state index is -0.458. The zero-order chi connectivity index (χ0) is 18.0. The number of hydrogen-bond donors (Lipinski definition) is 1. The summed E-state index contributed by atoms with van der Waals surface area (Å²) in [6.45, 7) is 5.53. The van der Waals surface area contributed by atoms with Gasteiger partial charge in [-0.2, -0.15) is 0 Å². The third-order valence-electron chi connectivity index (χ3n) is 4.51. The van der Waals surface area contributed by atoms with E-state index in [0.29, 0.717) is 28.3 Å². The van der Waals surface area contributed by atoms with Gasteiger partial charge in [0.1, 0.15) is 6.61 Å². The molecule has 1 aromatic rings. The molecule has 0 radical (unpaired) electrons. The van der Waals surface area contributed by atoms with E-state index in [0.717, 1.165) is 24.1 Å². The predicted molar refractivity (Wildman–Crippen MR) is 97.1 cm³/mol. The van der Waals surface area contributed by atoms with E-state index in [9.17, 15) is 9.59 Å². The molecule has 1 aliphatic carbocycles. The van der Waals surface area contributed by atoms with Gasteiger partial charge in [-0.3, -0.25) is 4.79 Å². The lowest BCUT2D eigenvalue weighted by atomic mass is 9.75. The fourth-order valence-electron chi connectivity index (χ4n) is 3.49. The van der Waals surface area contributed by atoms with Crippen molar-refractivity contribution >= 4 is 23.4 Å². The molecular weight excluding hydrogens is 338 g/mol. The Balaban J connectivity index is 2.13. The van der Waals surface area contributed by atoms with Crippen LogP contribution in [0.5, 0.6) is 0 Å². The number of Topliss-reactive ketones (excluding diaryl/α,β-unsaturated/α-hetero) is 1. The first-order chi connectivity index (χ1) is 12.0. The van der Waals surface area contributed by atoms with Gasteiger partial charge in [0.2, 0.25) is 0 Å². The van der Waals surface area contributed by atoms with E-state index in [4.69, 9.17) is 16.3 Å². The van der Waals surface area contributed by atoms with Crippen LogP contribution < -0.4 is 5.32 Å². The highest BCUT2D eigenvalue weighted by atomic mass is 35.5. The summed E-state index contributed by atoms with van der Waals surface area (Å²) < 4.78 is 5.28. The third kappa shape index (κ3) is 3.40. The molecule has 0 saturated heterocycles. The predicted octanol–water partition coefficient (Wildman–Crippen LogP) is 4.04. The molecule has 0 amide bonds. The number of allylic oxidation sites excluding steroid dienone is 3. The molecule has 2 aliphatic rings. The van der Waals surface area contributed by atoms with E-state index >= 15 is 0 Å². The number of benzene rings is 1. The highest BCUT2D eigenvalue weighted by molar-refractivity contribution is 6.30. The number of ketones is 1. The van der Waals surface area contributed by atoms with Gasteiger partial charge < -0.3 is 10.1 Å². The van der Waals surface area contributed by atoms with Crippen LogP contribution in [0, 0.1) is 0 Å². The average Bonchev–Trinajstić information content (AvgIpc) is 2.58. The number of rotatable bonds is 4. The highest BCUT2D eigenvalue weighted by Gasteiger charge is 2.39. The number of hydrogen-bond acceptors (Lipinski definition) is 4. The molecule has 0 bridgehead atoms. The summed E-state index contributed by atoms with van der Waals surface area (Å²) >= 11 is 6.16. The van der Waals surface area contributed by atoms with Crippen LogP contribution in [-0.2, 0) is 14.3 Å². The lowest BCUT2D eigenvalue weighted by Gasteiger charge is -2.34. The Bertz CT molecular complexity index is 807. The van der Waals surface area contributed by atoms with Gasteiger partial charge >= 0.3 is 5.97 Å². The molecule has 5 heteroatoms. The molecule has 0 spiro atoms. The van der Waals surface area contributed by atoms with Crippen molar-refractivity contribution in [2.45, 2.75) is 32.1 Å². The SMILES string of the molecule is C=CCOC(=O)C1=C(C)NC2=C(C(=O)CCC2)C1c1cccc(Cl)c1. The monoisotopic (exact) mass is 357 g/mol. The number of ether oxygens (including phenoxy) is 1. The third-order valence-corrected chi connectivity index (χ3v) is 4.75. The van der Waals surface area contributed by atoms with Gasteiger partial charge in [-0.1, -0.05) is 36.4 Å². The van der Waals surface area contributed by atoms with E-state index in [1.807, 2.05) is 19.1 Å². The number of carbonyl (C=O) groups excluding carboxylic acids is 2. The van der Waals surface area contributed by atoms with Crippen molar-refractivity contribution in [2.75, 3.05) is 6.61 Å². The molecular formula is C20H20ClNO3. The molecule has 130 valence electrons. The summed E-state index contributed by atoms with van der Waals surface area (Å²) in [7, 11) is 0. The van der Waals surface area contributed by atoms with Crippen molar-refractivity contribution < 1.29 is 14.3 Å². The van der Waals surface area contributed by atoms with Gasteiger partial charge in [0.05, 0.1) is 5.57 Å². The average molecular weight is 358 g/mol. The molecule has 4 nitrogen and oxygen atoms in total. The summed E-state index contributed by atoms with van der Waals surface area (Å²) in [6, 6.07) is 7.30. The van der Waals surface area contributed by atoms with E-state index in [2.05, 4.69) is 11.9 Å². The van der Waals surface area contributed by atoms with Crippen LogP contribution in [0.2, 0.25) is 5.02 Å². The first-order valence-electron chi connectivity index (χ1n) is 8.30. The van der Waals surface area contributed by atoms with Gasteiger partial charge in [0, 0.05) is 34.3 Å². The quantitative estimate of drug-likeness (QED) is 0.652. The Kier molecular flexibility index (Phi) is 5.09. The van der Waals surface area contributed by atoms with Gasteiger partial charge in [0.15, 0.2) is 5.78 Å². The Morgan fingerprint density at radius 3 is 2.96 bits per heavy atom. The lowest BCUT2D eigenvalue weighted by Crippen LogP contribution is -2.34. The second kappa shape index (κ2) is 7.28. The second-order valence-corrected chi connectivity index (χ2v) is 6.64.